The Bertz CT molecular complexity index is 540. The van der Waals surface area contributed by atoms with Crippen LogP contribution in [0.5, 0.6) is 0 Å². The lowest BCUT2D eigenvalue weighted by Crippen LogP contribution is -2.13. The van der Waals surface area contributed by atoms with Gasteiger partial charge in [-0.2, -0.15) is 0 Å². The van der Waals surface area contributed by atoms with E-state index in [1.807, 2.05) is 12.1 Å². The zero-order valence-corrected chi connectivity index (χ0v) is 12.5. The number of hydrogen-bond acceptors (Lipinski definition) is 2. The lowest BCUT2D eigenvalue weighted by atomic mass is 10.0. The highest BCUT2D eigenvalue weighted by Crippen LogP contribution is 2.21. The maximum absolute atomic E-state index is 10.3. The van der Waals surface area contributed by atoms with Gasteiger partial charge in [0.1, 0.15) is 0 Å². The van der Waals surface area contributed by atoms with Crippen molar-refractivity contribution in [3.8, 4) is 0 Å². The summed E-state index contributed by atoms with van der Waals surface area (Å²) in [6, 6.07) is 14.4. The highest BCUT2D eigenvalue weighted by molar-refractivity contribution is 5.56. The SMILES string of the molecule is CCc1ccc(C(O)CNc2c(C)cccc2C)cc1. The van der Waals surface area contributed by atoms with Gasteiger partial charge in [-0.05, 0) is 42.5 Å². The molecule has 2 N–H and O–H groups in total. The molecule has 20 heavy (non-hydrogen) atoms. The third-order valence-electron chi connectivity index (χ3n) is 3.73. The van der Waals surface area contributed by atoms with Crippen LogP contribution in [-0.2, 0) is 6.42 Å². The van der Waals surface area contributed by atoms with Gasteiger partial charge < -0.3 is 10.4 Å². The largest absolute Gasteiger partial charge is 0.387 e. The molecule has 0 aliphatic heterocycles. The molecule has 0 spiro atoms. The van der Waals surface area contributed by atoms with E-state index < -0.39 is 6.10 Å². The summed E-state index contributed by atoms with van der Waals surface area (Å²) in [5.74, 6) is 0. The van der Waals surface area contributed by atoms with Gasteiger partial charge >= 0.3 is 0 Å². The van der Waals surface area contributed by atoms with Crippen LogP contribution in [0.25, 0.3) is 0 Å². The molecule has 2 aromatic rings. The van der Waals surface area contributed by atoms with Crippen LogP contribution in [0.2, 0.25) is 0 Å². The lowest BCUT2D eigenvalue weighted by molar-refractivity contribution is 0.191. The van der Waals surface area contributed by atoms with E-state index in [4.69, 9.17) is 0 Å². The van der Waals surface area contributed by atoms with E-state index in [9.17, 15) is 5.11 Å². The second-order valence-corrected chi connectivity index (χ2v) is 5.26. The molecule has 0 radical (unpaired) electrons. The molecule has 2 aromatic carbocycles. The van der Waals surface area contributed by atoms with E-state index in [1.54, 1.807) is 0 Å². The summed E-state index contributed by atoms with van der Waals surface area (Å²) in [5, 5.41) is 13.6. The van der Waals surface area contributed by atoms with Crippen molar-refractivity contribution in [1.82, 2.24) is 0 Å². The van der Waals surface area contributed by atoms with Crippen molar-refractivity contribution in [3.63, 3.8) is 0 Å². The van der Waals surface area contributed by atoms with Gasteiger partial charge in [0.2, 0.25) is 0 Å². The molecule has 0 saturated heterocycles. The molecule has 0 fully saturated rings. The number of aryl methyl sites for hydroxylation is 3. The smallest absolute Gasteiger partial charge is 0.0962 e. The number of nitrogens with one attached hydrogen (secondary N) is 1. The van der Waals surface area contributed by atoms with E-state index in [2.05, 4.69) is 56.4 Å². The van der Waals surface area contributed by atoms with Crippen molar-refractivity contribution >= 4 is 5.69 Å². The van der Waals surface area contributed by atoms with Gasteiger partial charge in [-0.25, -0.2) is 0 Å². The Kier molecular flexibility index (Phi) is 4.80. The zero-order valence-electron chi connectivity index (χ0n) is 12.5. The van der Waals surface area contributed by atoms with Crippen LogP contribution in [-0.4, -0.2) is 11.7 Å². The van der Waals surface area contributed by atoms with E-state index in [0.29, 0.717) is 6.54 Å². The predicted molar refractivity (Wildman–Crippen MR) is 85.2 cm³/mol. The standard InChI is InChI=1S/C18H23NO/c1-4-15-8-10-16(11-9-15)17(20)12-19-18-13(2)6-5-7-14(18)3/h5-11,17,19-20H,4,12H2,1-3H3. The summed E-state index contributed by atoms with van der Waals surface area (Å²) in [7, 11) is 0. The highest BCUT2D eigenvalue weighted by Gasteiger charge is 2.09. The van der Waals surface area contributed by atoms with Crippen LogP contribution in [0.15, 0.2) is 42.5 Å². The molecule has 0 bridgehead atoms. The van der Waals surface area contributed by atoms with Gasteiger partial charge in [0.05, 0.1) is 6.10 Å². The summed E-state index contributed by atoms with van der Waals surface area (Å²) in [4.78, 5) is 0. The average Bonchev–Trinajstić information content (AvgIpc) is 2.46. The quantitative estimate of drug-likeness (QED) is 0.859. The number of para-hydroxylation sites is 1. The van der Waals surface area contributed by atoms with Crippen molar-refractivity contribution < 1.29 is 5.11 Å². The Labute approximate surface area is 121 Å². The van der Waals surface area contributed by atoms with Gasteiger partial charge in [-0.3, -0.25) is 0 Å². The fourth-order valence-electron chi connectivity index (χ4n) is 2.39. The third kappa shape index (κ3) is 3.40. The van der Waals surface area contributed by atoms with E-state index >= 15 is 0 Å². The second-order valence-electron chi connectivity index (χ2n) is 5.26. The summed E-state index contributed by atoms with van der Waals surface area (Å²) in [6.45, 7) is 6.82. The fraction of sp³-hybridized carbons (Fsp3) is 0.333. The summed E-state index contributed by atoms with van der Waals surface area (Å²) in [5.41, 5.74) is 5.79. The van der Waals surface area contributed by atoms with Gasteiger partial charge in [-0.15, -0.1) is 0 Å². The Morgan fingerprint density at radius 2 is 1.60 bits per heavy atom. The topological polar surface area (TPSA) is 32.3 Å². The van der Waals surface area contributed by atoms with Crippen molar-refractivity contribution in [2.45, 2.75) is 33.3 Å². The Morgan fingerprint density at radius 3 is 2.15 bits per heavy atom. The van der Waals surface area contributed by atoms with Gasteiger partial charge in [0.15, 0.2) is 0 Å². The first kappa shape index (κ1) is 14.6. The van der Waals surface area contributed by atoms with Crippen LogP contribution >= 0.6 is 0 Å². The maximum Gasteiger partial charge on any atom is 0.0962 e. The van der Waals surface area contributed by atoms with Crippen LogP contribution < -0.4 is 5.32 Å². The molecule has 0 aliphatic carbocycles. The number of hydrogen-bond donors (Lipinski definition) is 2. The van der Waals surface area contributed by atoms with Crippen molar-refractivity contribution in [2.24, 2.45) is 0 Å². The van der Waals surface area contributed by atoms with E-state index in [1.165, 1.54) is 16.7 Å². The first-order valence-electron chi connectivity index (χ1n) is 7.18. The highest BCUT2D eigenvalue weighted by atomic mass is 16.3. The monoisotopic (exact) mass is 269 g/mol. The Balaban J connectivity index is 2.02. The summed E-state index contributed by atoms with van der Waals surface area (Å²) in [6.07, 6.45) is 0.539. The fourth-order valence-corrected chi connectivity index (χ4v) is 2.39. The molecule has 0 heterocycles. The van der Waals surface area contributed by atoms with Gasteiger partial charge in [0.25, 0.3) is 0 Å². The summed E-state index contributed by atoms with van der Waals surface area (Å²) >= 11 is 0. The molecule has 0 aromatic heterocycles. The molecule has 0 saturated carbocycles. The van der Waals surface area contributed by atoms with Gasteiger partial charge in [-0.1, -0.05) is 49.4 Å². The Hall–Kier alpha value is -1.80. The number of benzene rings is 2. The molecule has 2 heteroatoms. The van der Waals surface area contributed by atoms with Crippen LogP contribution in [0, 0.1) is 13.8 Å². The minimum Gasteiger partial charge on any atom is -0.387 e. The molecule has 0 amide bonds. The lowest BCUT2D eigenvalue weighted by Gasteiger charge is -2.16. The van der Waals surface area contributed by atoms with Crippen molar-refractivity contribution in [1.29, 1.82) is 0 Å². The number of aliphatic hydroxyl groups is 1. The average molecular weight is 269 g/mol. The van der Waals surface area contributed by atoms with E-state index in [-0.39, 0.29) is 0 Å². The molecule has 1 unspecified atom stereocenters. The first-order valence-corrected chi connectivity index (χ1v) is 7.18. The number of aliphatic hydroxyl groups excluding tert-OH is 1. The first-order chi connectivity index (χ1) is 9.61. The molecule has 106 valence electrons. The zero-order chi connectivity index (χ0) is 14.5. The normalized spacial score (nSPS) is 12.2. The maximum atomic E-state index is 10.3. The Morgan fingerprint density at radius 1 is 1.00 bits per heavy atom. The van der Waals surface area contributed by atoms with E-state index in [0.717, 1.165) is 17.7 Å². The molecule has 2 nitrogen and oxygen atoms in total. The van der Waals surface area contributed by atoms with Crippen LogP contribution in [0.4, 0.5) is 5.69 Å². The minimum absolute atomic E-state index is 0.486. The molecule has 2 rings (SSSR count). The second kappa shape index (κ2) is 6.58. The van der Waals surface area contributed by atoms with Gasteiger partial charge in [0, 0.05) is 12.2 Å². The van der Waals surface area contributed by atoms with Crippen LogP contribution in [0.1, 0.15) is 35.3 Å². The molecular formula is C18H23NO. The molecule has 1 atom stereocenters. The van der Waals surface area contributed by atoms with Crippen molar-refractivity contribution in [3.05, 3.63) is 64.7 Å². The molecular weight excluding hydrogens is 246 g/mol. The predicted octanol–water partition coefficient (Wildman–Crippen LogP) is 4.01. The number of rotatable bonds is 5. The van der Waals surface area contributed by atoms with Crippen molar-refractivity contribution in [2.75, 3.05) is 11.9 Å². The minimum atomic E-state index is -0.486. The summed E-state index contributed by atoms with van der Waals surface area (Å²) < 4.78 is 0. The van der Waals surface area contributed by atoms with Crippen LogP contribution in [0.3, 0.4) is 0 Å². The number of anilines is 1. The molecule has 0 aliphatic rings. The third-order valence-corrected chi connectivity index (χ3v) is 3.73.